The smallest absolute Gasteiger partial charge is 0.329 e. The van der Waals surface area contributed by atoms with Gasteiger partial charge < -0.3 is 5.11 Å². The lowest BCUT2D eigenvalue weighted by Gasteiger charge is -2.30. The molecule has 0 unspecified atom stereocenters. The van der Waals surface area contributed by atoms with Gasteiger partial charge in [-0.1, -0.05) is 72.4 Å². The number of carboxylic acid groups (broad SMARTS) is 1. The minimum atomic E-state index is -1.88. The molecule has 1 heterocycles. The summed E-state index contributed by atoms with van der Waals surface area (Å²) in [6.07, 6.45) is 0.531. The third kappa shape index (κ3) is 3.06. The average Bonchev–Trinajstić information content (AvgIpc) is 2.66. The molecule has 3 rings (SSSR count). The topological polar surface area (TPSA) is 50.2 Å². The van der Waals surface area contributed by atoms with Crippen molar-refractivity contribution in [2.75, 3.05) is 0 Å². The molecule has 0 bridgehead atoms. The predicted molar refractivity (Wildman–Crippen MR) is 91.3 cm³/mol. The van der Waals surface area contributed by atoms with Crippen molar-refractivity contribution in [1.82, 2.24) is 4.98 Å². The van der Waals surface area contributed by atoms with Gasteiger partial charge in [-0.3, -0.25) is 0 Å². The number of benzene rings is 2. The Morgan fingerprint density at radius 1 is 0.923 bits per heavy atom. The lowest BCUT2D eigenvalue weighted by Crippen LogP contribution is -2.34. The third-order valence-corrected chi connectivity index (χ3v) is 5.34. The van der Waals surface area contributed by atoms with Gasteiger partial charge in [-0.25, -0.2) is 18.6 Å². The van der Waals surface area contributed by atoms with Crippen molar-refractivity contribution < 1.29 is 23.1 Å². The maximum atomic E-state index is 14.2. The SMILES string of the molecule is O=C(O)C(Sc1c(F)cnc(F)c1F)(c1ccccc1)c1ccccc1. The number of hydrogen-bond acceptors (Lipinski definition) is 3. The highest BCUT2D eigenvalue weighted by Crippen LogP contribution is 2.48. The Kier molecular flexibility index (Phi) is 4.99. The van der Waals surface area contributed by atoms with Gasteiger partial charge in [-0.2, -0.15) is 4.39 Å². The van der Waals surface area contributed by atoms with Crippen molar-refractivity contribution in [2.45, 2.75) is 9.64 Å². The van der Waals surface area contributed by atoms with E-state index in [0.717, 1.165) is 0 Å². The molecule has 2 aromatic carbocycles. The van der Waals surface area contributed by atoms with Gasteiger partial charge >= 0.3 is 5.97 Å². The Bertz CT molecular complexity index is 897. The molecule has 0 aliphatic carbocycles. The molecule has 1 N–H and O–H groups in total. The number of pyridine rings is 1. The molecule has 7 heteroatoms. The Morgan fingerprint density at radius 3 is 1.88 bits per heavy atom. The molecule has 0 aliphatic rings. The highest BCUT2D eigenvalue weighted by atomic mass is 32.2. The van der Waals surface area contributed by atoms with Crippen LogP contribution in [0.15, 0.2) is 71.8 Å². The van der Waals surface area contributed by atoms with Crippen LogP contribution in [0.5, 0.6) is 0 Å². The summed E-state index contributed by atoms with van der Waals surface area (Å²) in [6, 6.07) is 16.0. The lowest BCUT2D eigenvalue weighted by atomic mass is 9.90. The monoisotopic (exact) mass is 375 g/mol. The van der Waals surface area contributed by atoms with Gasteiger partial charge in [0.25, 0.3) is 0 Å². The lowest BCUT2D eigenvalue weighted by molar-refractivity contribution is -0.138. The van der Waals surface area contributed by atoms with Crippen LogP contribution in [0.25, 0.3) is 0 Å². The van der Waals surface area contributed by atoms with Crippen LogP contribution >= 0.6 is 11.8 Å². The van der Waals surface area contributed by atoms with Gasteiger partial charge in [0.05, 0.1) is 11.1 Å². The van der Waals surface area contributed by atoms with Crippen LogP contribution in [0.3, 0.4) is 0 Å². The molecule has 0 saturated carbocycles. The molecule has 0 atom stereocenters. The molecule has 132 valence electrons. The summed E-state index contributed by atoms with van der Waals surface area (Å²) >= 11 is 0.388. The van der Waals surface area contributed by atoms with Gasteiger partial charge in [0.15, 0.2) is 16.4 Å². The van der Waals surface area contributed by atoms with E-state index in [1.54, 1.807) is 60.7 Å². The normalized spacial score (nSPS) is 11.3. The zero-order valence-electron chi connectivity index (χ0n) is 13.2. The van der Waals surface area contributed by atoms with E-state index < -0.39 is 33.2 Å². The molecule has 3 nitrogen and oxygen atoms in total. The fourth-order valence-electron chi connectivity index (χ4n) is 2.59. The predicted octanol–water partition coefficient (Wildman–Crippen LogP) is 4.62. The van der Waals surface area contributed by atoms with E-state index in [1.807, 2.05) is 0 Å². The minimum Gasteiger partial charge on any atom is -0.480 e. The number of carbonyl (C=O) groups is 1. The zero-order chi connectivity index (χ0) is 18.7. The van der Waals surface area contributed by atoms with Gasteiger partial charge in [0.1, 0.15) is 0 Å². The van der Waals surface area contributed by atoms with Crippen molar-refractivity contribution in [3.05, 3.63) is 95.6 Å². The van der Waals surface area contributed by atoms with Crippen molar-refractivity contribution in [3.63, 3.8) is 0 Å². The highest BCUT2D eigenvalue weighted by Gasteiger charge is 2.45. The number of thioether (sulfide) groups is 1. The molecule has 0 amide bonds. The third-order valence-electron chi connectivity index (χ3n) is 3.81. The highest BCUT2D eigenvalue weighted by molar-refractivity contribution is 8.01. The van der Waals surface area contributed by atoms with Crippen LogP contribution in [0, 0.1) is 17.6 Å². The molecule has 1 aromatic heterocycles. The zero-order valence-corrected chi connectivity index (χ0v) is 14.0. The number of aliphatic carboxylic acids is 1. The van der Waals surface area contributed by atoms with E-state index in [0.29, 0.717) is 29.1 Å². The molecule has 0 spiro atoms. The summed E-state index contributed by atoms with van der Waals surface area (Å²) in [4.78, 5) is 14.6. The van der Waals surface area contributed by atoms with Crippen molar-refractivity contribution >= 4 is 17.7 Å². The second kappa shape index (κ2) is 7.21. The number of rotatable bonds is 5. The largest absolute Gasteiger partial charge is 0.480 e. The van der Waals surface area contributed by atoms with Crippen molar-refractivity contribution in [1.29, 1.82) is 0 Å². The molecule has 0 aliphatic heterocycles. The fourth-order valence-corrected chi connectivity index (χ4v) is 3.82. The first kappa shape index (κ1) is 18.0. The molecule has 26 heavy (non-hydrogen) atoms. The summed E-state index contributed by atoms with van der Waals surface area (Å²) in [5.74, 6) is -5.48. The number of halogens is 3. The Balaban J connectivity index is 2.29. The molecule has 3 aromatic rings. The van der Waals surface area contributed by atoms with Gasteiger partial charge in [-0.15, -0.1) is 0 Å². The maximum Gasteiger partial charge on any atom is 0.329 e. The fraction of sp³-hybridized carbons (Fsp3) is 0.0526. The maximum absolute atomic E-state index is 14.2. The van der Waals surface area contributed by atoms with E-state index in [1.165, 1.54) is 0 Å². The number of carboxylic acids is 1. The first-order valence-electron chi connectivity index (χ1n) is 7.49. The summed E-state index contributed by atoms with van der Waals surface area (Å²) < 4.78 is 40.0. The van der Waals surface area contributed by atoms with Crippen LogP contribution in [0.2, 0.25) is 0 Å². The average molecular weight is 375 g/mol. The van der Waals surface area contributed by atoms with Gasteiger partial charge in [0.2, 0.25) is 5.95 Å². The second-order valence-electron chi connectivity index (χ2n) is 5.36. The Morgan fingerprint density at radius 2 is 1.42 bits per heavy atom. The molecular formula is C19H12F3NO2S. The van der Waals surface area contributed by atoms with E-state index in [2.05, 4.69) is 4.98 Å². The summed E-state index contributed by atoms with van der Waals surface area (Å²) in [5.41, 5.74) is 0.583. The van der Waals surface area contributed by atoms with Gasteiger partial charge in [-0.05, 0) is 11.1 Å². The summed E-state index contributed by atoms with van der Waals surface area (Å²) in [7, 11) is 0. The second-order valence-corrected chi connectivity index (χ2v) is 6.59. The van der Waals surface area contributed by atoms with E-state index in [4.69, 9.17) is 0 Å². The molecular weight excluding hydrogens is 363 g/mol. The first-order chi connectivity index (χ1) is 12.5. The molecule has 0 fully saturated rings. The van der Waals surface area contributed by atoms with E-state index in [9.17, 15) is 23.1 Å². The van der Waals surface area contributed by atoms with Crippen LogP contribution in [0.4, 0.5) is 13.2 Å². The van der Waals surface area contributed by atoms with Crippen molar-refractivity contribution in [2.24, 2.45) is 0 Å². The standard InChI is InChI=1S/C19H12F3NO2S/c20-14-11-23-17(22)15(21)16(14)26-19(18(24)25,12-7-3-1-4-8-12)13-9-5-2-6-10-13/h1-11H,(H,24,25). The van der Waals surface area contributed by atoms with Gasteiger partial charge in [0, 0.05) is 0 Å². The van der Waals surface area contributed by atoms with Crippen LogP contribution < -0.4 is 0 Å². The Hall–Kier alpha value is -2.80. The van der Waals surface area contributed by atoms with Crippen molar-refractivity contribution in [3.8, 4) is 0 Å². The number of hydrogen-bond donors (Lipinski definition) is 1. The van der Waals surface area contributed by atoms with E-state index in [-0.39, 0.29) is 0 Å². The van der Waals surface area contributed by atoms with E-state index >= 15 is 0 Å². The summed E-state index contributed by atoms with van der Waals surface area (Å²) in [6.45, 7) is 0. The van der Waals surface area contributed by atoms with Crippen LogP contribution in [-0.2, 0) is 9.54 Å². The Labute approximate surface area is 151 Å². The number of aromatic nitrogens is 1. The number of nitrogens with zero attached hydrogens (tertiary/aromatic N) is 1. The molecule has 0 saturated heterocycles. The first-order valence-corrected chi connectivity index (χ1v) is 8.31. The van der Waals surface area contributed by atoms with Crippen LogP contribution in [0.1, 0.15) is 11.1 Å². The molecule has 0 radical (unpaired) electrons. The minimum absolute atomic E-state index is 0.291. The summed E-state index contributed by atoms with van der Waals surface area (Å²) in [5, 5.41) is 10.1. The van der Waals surface area contributed by atoms with Crippen LogP contribution in [-0.4, -0.2) is 16.1 Å². The quantitative estimate of drug-likeness (QED) is 0.522.